The molecule has 2 N–H and O–H groups in total. The summed E-state index contributed by atoms with van der Waals surface area (Å²) in [6, 6.07) is 5.27. The molecule has 0 bridgehead atoms. The van der Waals surface area contributed by atoms with Crippen LogP contribution in [0.15, 0.2) is 33.5 Å². The molecule has 0 saturated heterocycles. The van der Waals surface area contributed by atoms with Crippen molar-refractivity contribution in [3.63, 3.8) is 0 Å². The number of benzene rings is 1. The zero-order chi connectivity index (χ0) is 18.8. The molecule has 0 unspecified atom stereocenters. The smallest absolute Gasteiger partial charge is 0.270 e. The first-order valence-electron chi connectivity index (χ1n) is 6.92. The van der Waals surface area contributed by atoms with Gasteiger partial charge in [0.1, 0.15) is 0 Å². The summed E-state index contributed by atoms with van der Waals surface area (Å²) in [6.07, 6.45) is 1.09. The summed E-state index contributed by atoms with van der Waals surface area (Å²) in [7, 11) is -7.26. The topological polar surface area (TPSA) is 135 Å². The van der Waals surface area contributed by atoms with Crippen molar-refractivity contribution in [1.29, 1.82) is 0 Å². The summed E-state index contributed by atoms with van der Waals surface area (Å²) < 4.78 is 49.7. The van der Waals surface area contributed by atoms with Gasteiger partial charge in [-0.15, -0.1) is 10.2 Å². The van der Waals surface area contributed by atoms with E-state index in [1.165, 1.54) is 31.2 Å². The SMILES string of the molecule is CC(=O)Nc1nnc(S(=O)(=O)N[C@@H](C)c2ccc(S(C)(=O)=O)cc2)s1. The lowest BCUT2D eigenvalue weighted by Gasteiger charge is -2.13. The Morgan fingerprint density at radius 3 is 2.24 bits per heavy atom. The average Bonchev–Trinajstić information content (AvgIpc) is 2.94. The summed E-state index contributed by atoms with van der Waals surface area (Å²) in [5, 5.41) is 9.59. The van der Waals surface area contributed by atoms with E-state index >= 15 is 0 Å². The fraction of sp³-hybridized carbons (Fsp3) is 0.308. The Kier molecular flexibility index (Phi) is 5.56. The summed E-state index contributed by atoms with van der Waals surface area (Å²) in [4.78, 5) is 11.1. The molecular formula is C13H16N4O5S3. The van der Waals surface area contributed by atoms with E-state index in [1.807, 2.05) is 0 Å². The van der Waals surface area contributed by atoms with Crippen LogP contribution in [0.1, 0.15) is 25.5 Å². The Hall–Kier alpha value is -1.89. The highest BCUT2D eigenvalue weighted by atomic mass is 32.2. The number of amides is 1. The zero-order valence-corrected chi connectivity index (χ0v) is 16.0. The predicted octanol–water partition coefficient (Wildman–Crippen LogP) is 0.939. The molecule has 0 saturated carbocycles. The van der Waals surface area contributed by atoms with E-state index < -0.39 is 25.9 Å². The van der Waals surface area contributed by atoms with Gasteiger partial charge < -0.3 is 5.32 Å². The number of aromatic nitrogens is 2. The lowest BCUT2D eigenvalue weighted by atomic mass is 10.1. The number of hydrogen-bond donors (Lipinski definition) is 2. The molecule has 1 atom stereocenters. The van der Waals surface area contributed by atoms with Crippen molar-refractivity contribution >= 4 is 42.2 Å². The van der Waals surface area contributed by atoms with E-state index in [1.54, 1.807) is 6.92 Å². The lowest BCUT2D eigenvalue weighted by molar-refractivity contribution is -0.114. The summed E-state index contributed by atoms with van der Waals surface area (Å²) in [5.74, 6) is -0.382. The maximum absolute atomic E-state index is 12.3. The highest BCUT2D eigenvalue weighted by molar-refractivity contribution is 7.91. The fourth-order valence-corrected chi connectivity index (χ4v) is 4.70. The van der Waals surface area contributed by atoms with E-state index in [2.05, 4.69) is 20.2 Å². The van der Waals surface area contributed by atoms with Crippen molar-refractivity contribution in [3.8, 4) is 0 Å². The Balaban J connectivity index is 2.17. The molecule has 2 rings (SSSR count). The monoisotopic (exact) mass is 404 g/mol. The van der Waals surface area contributed by atoms with Crippen LogP contribution in [0, 0.1) is 0 Å². The van der Waals surface area contributed by atoms with Crippen molar-refractivity contribution in [2.24, 2.45) is 0 Å². The molecule has 0 radical (unpaired) electrons. The van der Waals surface area contributed by atoms with Gasteiger partial charge in [0.25, 0.3) is 10.0 Å². The van der Waals surface area contributed by atoms with Crippen molar-refractivity contribution in [1.82, 2.24) is 14.9 Å². The number of rotatable bonds is 6. The second-order valence-corrected chi connectivity index (χ2v) is 10.1. The van der Waals surface area contributed by atoms with Crippen LogP contribution >= 0.6 is 11.3 Å². The van der Waals surface area contributed by atoms with Crippen LogP contribution in [0.4, 0.5) is 5.13 Å². The minimum absolute atomic E-state index is 0.0815. The molecule has 0 aliphatic heterocycles. The van der Waals surface area contributed by atoms with Crippen LogP contribution in [-0.4, -0.2) is 39.2 Å². The van der Waals surface area contributed by atoms with Gasteiger partial charge in [0.05, 0.1) is 4.90 Å². The van der Waals surface area contributed by atoms with Gasteiger partial charge in [-0.3, -0.25) is 4.79 Å². The van der Waals surface area contributed by atoms with Crippen molar-refractivity contribution in [3.05, 3.63) is 29.8 Å². The molecule has 0 spiro atoms. The molecule has 1 heterocycles. The van der Waals surface area contributed by atoms with Crippen LogP contribution < -0.4 is 10.0 Å². The first-order valence-corrected chi connectivity index (χ1v) is 11.1. The predicted molar refractivity (Wildman–Crippen MR) is 92.5 cm³/mol. The maximum atomic E-state index is 12.3. The van der Waals surface area contributed by atoms with Crippen LogP contribution in [-0.2, 0) is 24.7 Å². The normalized spacial score (nSPS) is 13.4. The Labute approximate surface area is 149 Å². The summed E-state index contributed by atoms with van der Waals surface area (Å²) in [5.41, 5.74) is 0.586. The van der Waals surface area contributed by atoms with Crippen LogP contribution in [0.3, 0.4) is 0 Å². The lowest BCUT2D eigenvalue weighted by Crippen LogP contribution is -2.26. The molecule has 9 nitrogen and oxygen atoms in total. The third-order valence-electron chi connectivity index (χ3n) is 3.06. The van der Waals surface area contributed by atoms with Gasteiger partial charge in [-0.05, 0) is 24.6 Å². The molecule has 12 heteroatoms. The average molecular weight is 404 g/mol. The molecule has 1 amide bonds. The van der Waals surface area contributed by atoms with Crippen molar-refractivity contribution in [2.45, 2.75) is 29.1 Å². The molecule has 0 aliphatic rings. The molecular weight excluding hydrogens is 388 g/mol. The van der Waals surface area contributed by atoms with E-state index in [0.717, 1.165) is 17.6 Å². The molecule has 136 valence electrons. The molecule has 25 heavy (non-hydrogen) atoms. The third-order valence-corrected chi connectivity index (χ3v) is 6.93. The number of carbonyl (C=O) groups is 1. The van der Waals surface area contributed by atoms with Gasteiger partial charge in [-0.25, -0.2) is 21.6 Å². The Bertz CT molecular complexity index is 981. The second kappa shape index (κ2) is 7.15. The Morgan fingerprint density at radius 1 is 1.12 bits per heavy atom. The van der Waals surface area contributed by atoms with Gasteiger partial charge in [0.2, 0.25) is 15.4 Å². The van der Waals surface area contributed by atoms with E-state index in [0.29, 0.717) is 5.56 Å². The van der Waals surface area contributed by atoms with E-state index in [9.17, 15) is 21.6 Å². The number of nitrogens with zero attached hydrogens (tertiary/aromatic N) is 2. The van der Waals surface area contributed by atoms with Gasteiger partial charge in [-0.2, -0.15) is 0 Å². The number of carbonyl (C=O) groups excluding carboxylic acids is 1. The van der Waals surface area contributed by atoms with Crippen molar-refractivity contribution in [2.75, 3.05) is 11.6 Å². The highest BCUT2D eigenvalue weighted by Crippen LogP contribution is 2.23. The number of sulfone groups is 1. The van der Waals surface area contributed by atoms with Gasteiger partial charge in [-0.1, -0.05) is 23.5 Å². The van der Waals surface area contributed by atoms with Gasteiger partial charge >= 0.3 is 0 Å². The number of anilines is 1. The van der Waals surface area contributed by atoms with Gasteiger partial charge in [0, 0.05) is 19.2 Å². The van der Waals surface area contributed by atoms with E-state index in [-0.39, 0.29) is 20.3 Å². The molecule has 0 fully saturated rings. The molecule has 1 aromatic heterocycles. The van der Waals surface area contributed by atoms with Crippen molar-refractivity contribution < 1.29 is 21.6 Å². The third kappa shape index (κ3) is 5.04. The van der Waals surface area contributed by atoms with Crippen LogP contribution in [0.2, 0.25) is 0 Å². The Morgan fingerprint density at radius 2 is 1.72 bits per heavy atom. The molecule has 1 aromatic carbocycles. The standard InChI is InChI=1S/C13H16N4O5S3/c1-8(10-4-6-11(7-5-10)24(3,19)20)17-25(21,22)13-16-15-12(23-13)14-9(2)18/h4-8,17H,1-3H3,(H,14,15,18)/t8-/m0/s1. The fourth-order valence-electron chi connectivity index (χ4n) is 1.87. The number of hydrogen-bond acceptors (Lipinski definition) is 8. The van der Waals surface area contributed by atoms with Crippen LogP contribution in [0.25, 0.3) is 0 Å². The van der Waals surface area contributed by atoms with Crippen LogP contribution in [0.5, 0.6) is 0 Å². The zero-order valence-electron chi connectivity index (χ0n) is 13.5. The quantitative estimate of drug-likeness (QED) is 0.684. The minimum atomic E-state index is -3.94. The number of sulfonamides is 1. The van der Waals surface area contributed by atoms with Gasteiger partial charge in [0.15, 0.2) is 9.84 Å². The summed E-state index contributed by atoms with van der Waals surface area (Å²) >= 11 is 0.727. The largest absolute Gasteiger partial charge is 0.301 e. The first kappa shape index (κ1) is 19.4. The first-order chi connectivity index (χ1) is 11.5. The molecule has 2 aromatic rings. The van der Waals surface area contributed by atoms with E-state index in [4.69, 9.17) is 0 Å². The minimum Gasteiger partial charge on any atom is -0.301 e. The highest BCUT2D eigenvalue weighted by Gasteiger charge is 2.23. The number of nitrogens with one attached hydrogen (secondary N) is 2. The second-order valence-electron chi connectivity index (χ2n) is 5.24. The summed E-state index contributed by atoms with van der Waals surface area (Å²) in [6.45, 7) is 2.89. The molecule has 0 aliphatic carbocycles. The maximum Gasteiger partial charge on any atom is 0.270 e.